The Morgan fingerprint density at radius 2 is 2.28 bits per heavy atom. The topological polar surface area (TPSA) is 63.0 Å². The molecule has 0 bridgehead atoms. The van der Waals surface area contributed by atoms with Crippen LogP contribution in [0.15, 0.2) is 30.6 Å². The zero-order valence-electron chi connectivity index (χ0n) is 9.88. The van der Waals surface area contributed by atoms with Gasteiger partial charge >= 0.3 is 0 Å². The number of phenols is 1. The van der Waals surface area contributed by atoms with Gasteiger partial charge in [-0.15, -0.1) is 5.10 Å². The van der Waals surface area contributed by atoms with Crippen molar-refractivity contribution in [2.24, 2.45) is 0 Å². The molecule has 2 N–H and O–H groups in total. The lowest BCUT2D eigenvalue weighted by molar-refractivity contribution is 0.459. The van der Waals surface area contributed by atoms with E-state index in [0.717, 1.165) is 19.5 Å². The number of aromatic hydroxyl groups is 1. The molecule has 5 nitrogen and oxygen atoms in total. The molecule has 0 unspecified atom stereocenters. The molecular weight excluding hydrogens is 235 g/mol. The van der Waals surface area contributed by atoms with Gasteiger partial charge in [0.2, 0.25) is 0 Å². The van der Waals surface area contributed by atoms with E-state index in [9.17, 15) is 9.50 Å². The van der Waals surface area contributed by atoms with Gasteiger partial charge in [-0.3, -0.25) is 4.68 Å². The lowest BCUT2D eigenvalue weighted by Gasteiger charge is -2.07. The zero-order chi connectivity index (χ0) is 12.8. The molecule has 18 heavy (non-hydrogen) atoms. The van der Waals surface area contributed by atoms with Crippen molar-refractivity contribution in [3.05, 3.63) is 42.0 Å². The van der Waals surface area contributed by atoms with E-state index in [2.05, 4.69) is 15.6 Å². The number of nitrogens with one attached hydrogen (secondary N) is 1. The molecule has 1 aromatic carbocycles. The summed E-state index contributed by atoms with van der Waals surface area (Å²) in [5.74, 6) is -0.229. The van der Waals surface area contributed by atoms with Gasteiger partial charge in [0.15, 0.2) is 0 Å². The number of nitrogens with zero attached hydrogens (tertiary/aromatic N) is 3. The van der Waals surface area contributed by atoms with Crippen LogP contribution in [0.3, 0.4) is 0 Å². The van der Waals surface area contributed by atoms with E-state index in [0.29, 0.717) is 12.1 Å². The Balaban J connectivity index is 1.70. The van der Waals surface area contributed by atoms with Crippen molar-refractivity contribution in [2.75, 3.05) is 6.54 Å². The maximum absolute atomic E-state index is 13.0. The van der Waals surface area contributed by atoms with Gasteiger partial charge in [-0.25, -0.2) is 4.39 Å². The van der Waals surface area contributed by atoms with E-state index in [1.807, 2.05) is 0 Å². The summed E-state index contributed by atoms with van der Waals surface area (Å²) in [7, 11) is 0. The summed E-state index contributed by atoms with van der Waals surface area (Å²) in [6.07, 6.45) is 4.33. The third kappa shape index (κ3) is 3.53. The maximum Gasteiger partial charge on any atom is 0.123 e. The zero-order valence-corrected chi connectivity index (χ0v) is 9.88. The summed E-state index contributed by atoms with van der Waals surface area (Å²) in [6, 6.07) is 3.94. The molecule has 96 valence electrons. The number of rotatable bonds is 6. The molecule has 1 aromatic heterocycles. The monoisotopic (exact) mass is 250 g/mol. The maximum atomic E-state index is 13.0. The molecule has 0 aliphatic carbocycles. The molecule has 2 rings (SSSR count). The molecule has 0 aliphatic heterocycles. The van der Waals surface area contributed by atoms with Crippen LogP contribution in [0.5, 0.6) is 5.75 Å². The van der Waals surface area contributed by atoms with E-state index in [1.165, 1.54) is 18.2 Å². The second-order valence-electron chi connectivity index (χ2n) is 3.97. The van der Waals surface area contributed by atoms with Crippen LogP contribution in [0.25, 0.3) is 0 Å². The van der Waals surface area contributed by atoms with Gasteiger partial charge in [-0.05, 0) is 31.2 Å². The molecular formula is C12H15FN4O. The highest BCUT2D eigenvalue weighted by molar-refractivity contribution is 5.32. The summed E-state index contributed by atoms with van der Waals surface area (Å²) in [5, 5.41) is 20.2. The Kier molecular flexibility index (Phi) is 4.25. The highest BCUT2D eigenvalue weighted by Crippen LogP contribution is 2.17. The number of phenolic OH excluding ortho intramolecular Hbond substituents is 1. The molecule has 1 heterocycles. The first kappa shape index (κ1) is 12.5. The number of hydrogen-bond donors (Lipinski definition) is 2. The van der Waals surface area contributed by atoms with Crippen LogP contribution in [0.1, 0.15) is 12.0 Å². The fraction of sp³-hybridized carbons (Fsp3) is 0.333. The third-order valence-electron chi connectivity index (χ3n) is 2.57. The Morgan fingerprint density at radius 3 is 3.06 bits per heavy atom. The van der Waals surface area contributed by atoms with Crippen molar-refractivity contribution >= 4 is 0 Å². The van der Waals surface area contributed by atoms with Crippen molar-refractivity contribution in [2.45, 2.75) is 19.5 Å². The van der Waals surface area contributed by atoms with Crippen molar-refractivity contribution < 1.29 is 9.50 Å². The average molecular weight is 250 g/mol. The van der Waals surface area contributed by atoms with Crippen LogP contribution in [0.2, 0.25) is 0 Å². The number of aryl methyl sites for hydroxylation is 1. The fourth-order valence-corrected chi connectivity index (χ4v) is 1.64. The highest BCUT2D eigenvalue weighted by atomic mass is 19.1. The first-order valence-electron chi connectivity index (χ1n) is 5.78. The summed E-state index contributed by atoms with van der Waals surface area (Å²) in [4.78, 5) is 0. The van der Waals surface area contributed by atoms with E-state index in [4.69, 9.17) is 0 Å². The predicted molar refractivity (Wildman–Crippen MR) is 64.4 cm³/mol. The molecule has 0 fully saturated rings. The number of halogens is 1. The minimum Gasteiger partial charge on any atom is -0.508 e. The summed E-state index contributed by atoms with van der Waals surface area (Å²) in [5.41, 5.74) is 0.566. The normalized spacial score (nSPS) is 10.7. The third-order valence-corrected chi connectivity index (χ3v) is 2.57. The average Bonchev–Trinajstić information content (AvgIpc) is 2.86. The van der Waals surface area contributed by atoms with E-state index < -0.39 is 0 Å². The smallest absolute Gasteiger partial charge is 0.123 e. The Labute approximate surface area is 104 Å². The van der Waals surface area contributed by atoms with Gasteiger partial charge < -0.3 is 10.4 Å². The Bertz CT molecular complexity index is 487. The Hall–Kier alpha value is -1.95. The van der Waals surface area contributed by atoms with Crippen LogP contribution in [-0.2, 0) is 13.1 Å². The molecule has 0 spiro atoms. The van der Waals surface area contributed by atoms with Crippen LogP contribution in [-0.4, -0.2) is 26.6 Å². The van der Waals surface area contributed by atoms with Crippen LogP contribution in [0.4, 0.5) is 4.39 Å². The molecule has 0 atom stereocenters. The highest BCUT2D eigenvalue weighted by Gasteiger charge is 2.02. The lowest BCUT2D eigenvalue weighted by atomic mass is 10.2. The molecule has 6 heteroatoms. The van der Waals surface area contributed by atoms with Gasteiger partial charge in [0, 0.05) is 24.8 Å². The number of aromatic nitrogens is 3. The summed E-state index contributed by atoms with van der Waals surface area (Å²) < 4.78 is 14.7. The first-order chi connectivity index (χ1) is 8.75. The van der Waals surface area contributed by atoms with Gasteiger partial charge in [-0.2, -0.15) is 0 Å². The second kappa shape index (κ2) is 6.11. The standard InChI is InChI=1S/C12H15FN4O/c13-11-2-3-12(18)10(8-11)9-14-4-1-6-17-7-5-15-16-17/h2-3,5,7-8,14,18H,1,4,6,9H2. The van der Waals surface area contributed by atoms with E-state index in [-0.39, 0.29) is 11.6 Å². The number of benzene rings is 1. The minimum atomic E-state index is -0.341. The second-order valence-corrected chi connectivity index (χ2v) is 3.97. The van der Waals surface area contributed by atoms with Gasteiger partial charge in [0.25, 0.3) is 0 Å². The quantitative estimate of drug-likeness (QED) is 0.759. The van der Waals surface area contributed by atoms with Crippen molar-refractivity contribution in [3.63, 3.8) is 0 Å². The van der Waals surface area contributed by atoms with E-state index in [1.54, 1.807) is 17.1 Å². The fourth-order valence-electron chi connectivity index (χ4n) is 1.64. The SMILES string of the molecule is Oc1ccc(F)cc1CNCCCn1ccnn1. The summed E-state index contributed by atoms with van der Waals surface area (Å²) in [6.45, 7) is 1.99. The first-order valence-corrected chi connectivity index (χ1v) is 5.78. The van der Waals surface area contributed by atoms with Crippen LogP contribution in [0, 0.1) is 5.82 Å². The summed E-state index contributed by atoms with van der Waals surface area (Å²) >= 11 is 0. The predicted octanol–water partition coefficient (Wildman–Crippen LogP) is 1.30. The molecule has 0 amide bonds. The Morgan fingerprint density at radius 1 is 1.39 bits per heavy atom. The van der Waals surface area contributed by atoms with Crippen molar-refractivity contribution in [1.82, 2.24) is 20.3 Å². The molecule has 0 saturated heterocycles. The van der Waals surface area contributed by atoms with E-state index >= 15 is 0 Å². The van der Waals surface area contributed by atoms with Crippen molar-refractivity contribution in [1.29, 1.82) is 0 Å². The van der Waals surface area contributed by atoms with Gasteiger partial charge in [0.05, 0.1) is 6.20 Å². The molecule has 0 radical (unpaired) electrons. The van der Waals surface area contributed by atoms with Crippen LogP contribution >= 0.6 is 0 Å². The minimum absolute atomic E-state index is 0.111. The van der Waals surface area contributed by atoms with Crippen molar-refractivity contribution in [3.8, 4) is 5.75 Å². The van der Waals surface area contributed by atoms with Gasteiger partial charge in [0.1, 0.15) is 11.6 Å². The largest absolute Gasteiger partial charge is 0.508 e. The molecule has 0 saturated carbocycles. The molecule has 0 aliphatic rings. The van der Waals surface area contributed by atoms with Crippen LogP contribution < -0.4 is 5.32 Å². The number of hydrogen-bond acceptors (Lipinski definition) is 4. The van der Waals surface area contributed by atoms with Gasteiger partial charge in [-0.1, -0.05) is 5.21 Å². The molecule has 2 aromatic rings. The lowest BCUT2D eigenvalue weighted by Crippen LogP contribution is -2.17.